The highest BCUT2D eigenvalue weighted by atomic mass is 32.2. The molecule has 3 aliphatic heterocycles. The fourth-order valence-electron chi connectivity index (χ4n) is 4.87. The highest BCUT2D eigenvalue weighted by molar-refractivity contribution is 7.88. The van der Waals surface area contributed by atoms with Gasteiger partial charge in [-0.25, -0.2) is 4.21 Å². The largest absolute Gasteiger partial charge is 0.378 e. The van der Waals surface area contributed by atoms with Crippen LogP contribution in [0.1, 0.15) is 61.5 Å². The number of rotatable bonds is 7. The monoisotopic (exact) mass is 465 g/mol. The summed E-state index contributed by atoms with van der Waals surface area (Å²) in [5.74, 6) is 0.564. The van der Waals surface area contributed by atoms with Gasteiger partial charge in [0.1, 0.15) is 0 Å². The van der Waals surface area contributed by atoms with Crippen molar-refractivity contribution in [2.45, 2.75) is 62.0 Å². The highest BCUT2D eigenvalue weighted by Crippen LogP contribution is 2.34. The second-order valence-electron chi connectivity index (χ2n) is 8.71. The van der Waals surface area contributed by atoms with Crippen molar-refractivity contribution in [1.29, 1.82) is 0 Å². The Morgan fingerprint density at radius 3 is 2.91 bits per heavy atom. The summed E-state index contributed by atoms with van der Waals surface area (Å²) in [6, 6.07) is 4.57. The van der Waals surface area contributed by atoms with Gasteiger partial charge in [-0.1, -0.05) is 6.07 Å². The molecule has 3 fully saturated rings. The lowest BCUT2D eigenvalue weighted by atomic mass is 9.78. The highest BCUT2D eigenvalue weighted by Gasteiger charge is 2.34. The second kappa shape index (κ2) is 10.1. The summed E-state index contributed by atoms with van der Waals surface area (Å²) in [6.07, 6.45) is 6.31. The van der Waals surface area contributed by atoms with Crippen LogP contribution in [0.3, 0.4) is 0 Å². The summed E-state index contributed by atoms with van der Waals surface area (Å²) in [6.45, 7) is -11.7. The van der Waals surface area contributed by atoms with Crippen LogP contribution in [0, 0.1) is 5.92 Å². The molecule has 0 spiro atoms. The first kappa shape index (κ1) is 14.5. The van der Waals surface area contributed by atoms with E-state index in [4.69, 9.17) is 15.7 Å². The van der Waals surface area contributed by atoms with Crippen molar-refractivity contribution >= 4 is 28.5 Å². The molecule has 32 heavy (non-hydrogen) atoms. The SMILES string of the molecule is [2H]C1([2H])N(CCCCOC2CCC3CCC(=O)NC3C2)C([2H])([2H])C([2H])([2H])N(c2cccc3c2C=CS3=O)C1([2H])[2H]. The minimum atomic E-state index is -2.98. The molecular weight excluding hydrogens is 422 g/mol. The smallest absolute Gasteiger partial charge is 0.220 e. The van der Waals surface area contributed by atoms with Gasteiger partial charge >= 0.3 is 0 Å². The average Bonchev–Trinajstić information content (AvgIpc) is 3.26. The molecule has 1 aromatic rings. The third-order valence-corrected chi connectivity index (χ3v) is 7.79. The summed E-state index contributed by atoms with van der Waals surface area (Å²) in [5, 5.41) is 4.44. The van der Waals surface area contributed by atoms with Gasteiger partial charge in [-0.15, -0.1) is 0 Å². The molecule has 174 valence electrons. The number of fused-ring (bicyclic) bond motifs is 2. The molecule has 1 saturated carbocycles. The van der Waals surface area contributed by atoms with Crippen LogP contribution in [-0.2, 0) is 20.3 Å². The van der Waals surface area contributed by atoms with E-state index in [1.54, 1.807) is 6.07 Å². The standard InChI is InChI=1S/C25H35N3O3S/c29-25-9-7-19-6-8-20(18-22(19)26-25)31-16-2-1-11-27-12-14-28(15-13-27)23-4-3-5-24-21(23)10-17-32(24)30/h3-5,10,17,19-20,22H,1-2,6-9,11-16,18H2,(H,26,29)/i12D2,13D2,14D2,15D2. The minimum absolute atomic E-state index is 0.000300. The third kappa shape index (κ3) is 4.95. The number of hydrogen-bond acceptors (Lipinski definition) is 5. The first-order valence-corrected chi connectivity index (χ1v) is 12.6. The minimum Gasteiger partial charge on any atom is -0.378 e. The summed E-state index contributed by atoms with van der Waals surface area (Å²) in [5.41, 5.74) is 0.229. The molecule has 3 heterocycles. The third-order valence-electron chi connectivity index (χ3n) is 6.62. The summed E-state index contributed by atoms with van der Waals surface area (Å²) in [7, 11) is -1.50. The molecule has 0 radical (unpaired) electrons. The molecule has 1 aliphatic carbocycles. The second-order valence-corrected chi connectivity index (χ2v) is 10.0. The molecule has 4 unspecified atom stereocenters. The lowest BCUT2D eigenvalue weighted by Gasteiger charge is -2.39. The topological polar surface area (TPSA) is 61.9 Å². The number of anilines is 1. The van der Waals surface area contributed by atoms with E-state index < -0.39 is 36.8 Å². The molecule has 1 N–H and O–H groups in total. The maximum absolute atomic E-state index is 12.3. The van der Waals surface area contributed by atoms with Crippen molar-refractivity contribution in [3.8, 4) is 0 Å². The summed E-state index contributed by atoms with van der Waals surface area (Å²) >= 11 is 0. The number of nitrogens with zero attached hydrogens (tertiary/aromatic N) is 2. The van der Waals surface area contributed by atoms with Gasteiger partial charge in [-0.2, -0.15) is 0 Å². The van der Waals surface area contributed by atoms with Crippen molar-refractivity contribution in [2.75, 3.05) is 44.0 Å². The van der Waals surface area contributed by atoms with E-state index in [0.29, 0.717) is 40.1 Å². The Morgan fingerprint density at radius 1 is 1.16 bits per heavy atom. The Balaban J connectivity index is 1.26. The Labute approximate surface area is 205 Å². The molecule has 7 heteroatoms. The number of amides is 1. The fourth-order valence-corrected chi connectivity index (χ4v) is 5.88. The number of carbonyl (C=O) groups is 1. The fraction of sp³-hybridized carbons (Fsp3) is 0.640. The number of hydrogen-bond donors (Lipinski definition) is 1. The maximum atomic E-state index is 12.3. The van der Waals surface area contributed by atoms with Gasteiger partial charge in [-0.3, -0.25) is 9.69 Å². The van der Waals surface area contributed by atoms with Crippen molar-refractivity contribution in [1.82, 2.24) is 10.2 Å². The number of piperidine rings is 1. The van der Waals surface area contributed by atoms with Gasteiger partial charge in [0.25, 0.3) is 0 Å². The van der Waals surface area contributed by atoms with Crippen LogP contribution in [0.4, 0.5) is 5.69 Å². The van der Waals surface area contributed by atoms with E-state index in [9.17, 15) is 9.00 Å². The Bertz CT molecular complexity index is 1190. The molecule has 4 atom stereocenters. The van der Waals surface area contributed by atoms with Crippen molar-refractivity contribution in [2.24, 2.45) is 5.92 Å². The number of piperazine rings is 1. The first-order chi connectivity index (χ1) is 18.7. The van der Waals surface area contributed by atoms with Gasteiger partial charge in [0, 0.05) is 67.2 Å². The Morgan fingerprint density at radius 2 is 2.03 bits per heavy atom. The number of carbonyl (C=O) groups excluding carboxylic acids is 1. The molecule has 2 saturated heterocycles. The van der Waals surface area contributed by atoms with Crippen LogP contribution in [0.15, 0.2) is 28.5 Å². The lowest BCUT2D eigenvalue weighted by Crippen LogP contribution is -2.49. The Hall–Kier alpha value is -1.70. The van der Waals surface area contributed by atoms with Gasteiger partial charge in [-0.05, 0) is 69.2 Å². The zero-order valence-electron chi connectivity index (χ0n) is 26.0. The zero-order valence-corrected chi connectivity index (χ0v) is 18.8. The van der Waals surface area contributed by atoms with E-state index in [2.05, 4.69) is 5.32 Å². The molecule has 4 aliphatic rings. The maximum Gasteiger partial charge on any atom is 0.220 e. The van der Waals surface area contributed by atoms with E-state index >= 15 is 0 Å². The molecule has 1 amide bonds. The van der Waals surface area contributed by atoms with Crippen molar-refractivity contribution in [3.63, 3.8) is 0 Å². The van der Waals surface area contributed by atoms with E-state index in [0.717, 1.165) is 25.7 Å². The van der Waals surface area contributed by atoms with Crippen LogP contribution < -0.4 is 10.2 Å². The van der Waals surface area contributed by atoms with Gasteiger partial charge in [0.15, 0.2) is 0 Å². The Kier molecular flexibility index (Phi) is 4.57. The van der Waals surface area contributed by atoms with E-state index in [-0.39, 0.29) is 42.3 Å². The van der Waals surface area contributed by atoms with Gasteiger partial charge in [0.05, 0.1) is 27.3 Å². The zero-order chi connectivity index (χ0) is 29.1. The summed E-state index contributed by atoms with van der Waals surface area (Å²) in [4.78, 5) is 13.3. The van der Waals surface area contributed by atoms with Crippen molar-refractivity contribution in [3.05, 3.63) is 29.2 Å². The molecular formula is C25H35N3O3S. The van der Waals surface area contributed by atoms with Crippen LogP contribution in [-0.4, -0.2) is 66.3 Å². The predicted molar refractivity (Wildman–Crippen MR) is 128 cm³/mol. The van der Waals surface area contributed by atoms with Crippen LogP contribution in [0.25, 0.3) is 6.08 Å². The van der Waals surface area contributed by atoms with Gasteiger partial charge in [0.2, 0.25) is 5.91 Å². The molecule has 1 aromatic carbocycles. The normalized spacial score (nSPS) is 40.1. The summed E-state index contributed by atoms with van der Waals surface area (Å²) < 4.78 is 88.2. The van der Waals surface area contributed by atoms with Crippen LogP contribution in [0.2, 0.25) is 0 Å². The van der Waals surface area contributed by atoms with Crippen LogP contribution >= 0.6 is 0 Å². The first-order valence-electron chi connectivity index (χ1n) is 15.4. The molecule has 0 aromatic heterocycles. The number of benzene rings is 1. The lowest BCUT2D eigenvalue weighted by molar-refractivity contribution is -0.125. The van der Waals surface area contributed by atoms with Crippen LogP contribution in [0.5, 0.6) is 0 Å². The van der Waals surface area contributed by atoms with E-state index in [1.165, 1.54) is 23.6 Å². The molecule has 0 bridgehead atoms. The van der Waals surface area contributed by atoms with E-state index in [1.807, 2.05) is 0 Å². The number of ether oxygens (including phenoxy) is 1. The van der Waals surface area contributed by atoms with Gasteiger partial charge < -0.3 is 15.0 Å². The predicted octanol–water partition coefficient (Wildman–Crippen LogP) is 3.14. The molecule has 5 rings (SSSR count). The number of nitrogens with one attached hydrogen (secondary N) is 1. The number of unbranched alkanes of at least 4 members (excludes halogenated alkanes) is 1. The quantitative estimate of drug-likeness (QED) is 0.627. The average molecular weight is 466 g/mol. The molecule has 6 nitrogen and oxygen atoms in total. The van der Waals surface area contributed by atoms with Crippen molar-refractivity contribution < 1.29 is 24.7 Å².